The molecule has 0 spiro atoms. The second kappa shape index (κ2) is 7.24. The number of nitrogens with one attached hydrogen (secondary N) is 2. The van der Waals surface area contributed by atoms with Crippen LogP contribution in [0, 0.1) is 0 Å². The highest BCUT2D eigenvalue weighted by atomic mass is 16.3. The van der Waals surface area contributed by atoms with Crippen molar-refractivity contribution in [2.45, 2.75) is 32.3 Å². The monoisotopic (exact) mass is 314 g/mol. The van der Waals surface area contributed by atoms with E-state index in [0.29, 0.717) is 18.5 Å². The van der Waals surface area contributed by atoms with Crippen LogP contribution in [0.1, 0.15) is 26.7 Å². The predicted octanol–water partition coefficient (Wildman–Crippen LogP) is 2.45. The van der Waals surface area contributed by atoms with E-state index in [-0.39, 0.29) is 6.54 Å². The van der Waals surface area contributed by atoms with Gasteiger partial charge < -0.3 is 15.7 Å². The molecule has 0 bridgehead atoms. The summed E-state index contributed by atoms with van der Waals surface area (Å²) in [5.41, 5.74) is -0.389. The molecule has 0 saturated heterocycles. The molecule has 0 fully saturated rings. The third kappa shape index (κ3) is 4.07. The fourth-order valence-corrected chi connectivity index (χ4v) is 2.34. The molecular weight excluding hydrogens is 292 g/mol. The van der Waals surface area contributed by atoms with Gasteiger partial charge in [0, 0.05) is 17.6 Å². The standard InChI is InChI=1S/C18H22N2O3/c1-3-18(23,4-2)12-19-16(21)17(22)20-15-11-7-9-13-8-5-6-10-14(13)15/h5-11,23H,3-4,12H2,1-2H3,(H,19,21)(H,20,22). The molecule has 0 unspecified atom stereocenters. The number of carbonyl (C=O) groups is 2. The minimum Gasteiger partial charge on any atom is -0.388 e. The summed E-state index contributed by atoms with van der Waals surface area (Å²) in [4.78, 5) is 24.0. The molecule has 0 saturated carbocycles. The van der Waals surface area contributed by atoms with Crippen LogP contribution in [0.25, 0.3) is 10.8 Å². The summed E-state index contributed by atoms with van der Waals surface area (Å²) in [5.74, 6) is -1.49. The number of fused-ring (bicyclic) bond motifs is 1. The highest BCUT2D eigenvalue weighted by Crippen LogP contribution is 2.22. The maximum Gasteiger partial charge on any atom is 0.313 e. The van der Waals surface area contributed by atoms with Crippen LogP contribution in [0.15, 0.2) is 42.5 Å². The molecule has 0 aromatic heterocycles. The summed E-state index contributed by atoms with van der Waals surface area (Å²) < 4.78 is 0. The van der Waals surface area contributed by atoms with Gasteiger partial charge in [-0.3, -0.25) is 9.59 Å². The molecule has 23 heavy (non-hydrogen) atoms. The molecule has 0 aliphatic rings. The zero-order valence-corrected chi connectivity index (χ0v) is 13.4. The number of amides is 2. The Balaban J connectivity index is 2.05. The average Bonchev–Trinajstić information content (AvgIpc) is 2.59. The minimum absolute atomic E-state index is 0.0573. The lowest BCUT2D eigenvalue weighted by atomic mass is 9.98. The fourth-order valence-electron chi connectivity index (χ4n) is 2.34. The van der Waals surface area contributed by atoms with E-state index in [1.165, 1.54) is 0 Å². The van der Waals surface area contributed by atoms with Crippen molar-refractivity contribution < 1.29 is 14.7 Å². The van der Waals surface area contributed by atoms with Crippen molar-refractivity contribution in [3.63, 3.8) is 0 Å². The van der Waals surface area contributed by atoms with Crippen LogP contribution in [0.2, 0.25) is 0 Å². The second-order valence-corrected chi connectivity index (χ2v) is 5.59. The summed E-state index contributed by atoms with van der Waals surface area (Å²) in [7, 11) is 0. The van der Waals surface area contributed by atoms with Gasteiger partial charge >= 0.3 is 11.8 Å². The molecule has 0 aliphatic carbocycles. The molecule has 2 aromatic carbocycles. The first-order chi connectivity index (χ1) is 11.0. The molecule has 0 radical (unpaired) electrons. The molecular formula is C18H22N2O3. The van der Waals surface area contributed by atoms with Gasteiger partial charge in [0.05, 0.1) is 5.60 Å². The van der Waals surface area contributed by atoms with Gasteiger partial charge in [0.1, 0.15) is 0 Å². The quantitative estimate of drug-likeness (QED) is 0.742. The molecule has 0 aliphatic heterocycles. The summed E-state index contributed by atoms with van der Waals surface area (Å²) in [5, 5.41) is 17.1. The normalized spacial score (nSPS) is 11.3. The van der Waals surface area contributed by atoms with Crippen LogP contribution in [0.4, 0.5) is 5.69 Å². The number of aliphatic hydroxyl groups is 1. The molecule has 0 heterocycles. The van der Waals surface area contributed by atoms with Crippen molar-refractivity contribution in [3.05, 3.63) is 42.5 Å². The summed E-state index contributed by atoms with van der Waals surface area (Å²) in [6.45, 7) is 3.74. The average molecular weight is 314 g/mol. The van der Waals surface area contributed by atoms with Crippen LogP contribution in [0.3, 0.4) is 0 Å². The Morgan fingerprint density at radius 3 is 2.35 bits per heavy atom. The third-order valence-electron chi connectivity index (χ3n) is 4.14. The second-order valence-electron chi connectivity index (χ2n) is 5.59. The van der Waals surface area contributed by atoms with Gasteiger partial charge in [0.2, 0.25) is 0 Å². The smallest absolute Gasteiger partial charge is 0.313 e. The molecule has 2 amide bonds. The Hall–Kier alpha value is -2.40. The lowest BCUT2D eigenvalue weighted by Crippen LogP contribution is -2.45. The largest absolute Gasteiger partial charge is 0.388 e. The third-order valence-corrected chi connectivity index (χ3v) is 4.14. The predicted molar refractivity (Wildman–Crippen MR) is 91.1 cm³/mol. The van der Waals surface area contributed by atoms with E-state index in [0.717, 1.165) is 10.8 Å². The Kier molecular flexibility index (Phi) is 5.34. The van der Waals surface area contributed by atoms with E-state index < -0.39 is 17.4 Å². The van der Waals surface area contributed by atoms with Crippen molar-refractivity contribution in [2.24, 2.45) is 0 Å². The van der Waals surface area contributed by atoms with Crippen LogP contribution in [-0.2, 0) is 9.59 Å². The molecule has 5 heteroatoms. The number of hydrogen-bond acceptors (Lipinski definition) is 3. The topological polar surface area (TPSA) is 78.4 Å². The highest BCUT2D eigenvalue weighted by molar-refractivity contribution is 6.40. The number of rotatable bonds is 5. The Morgan fingerprint density at radius 1 is 1.00 bits per heavy atom. The highest BCUT2D eigenvalue weighted by Gasteiger charge is 2.24. The van der Waals surface area contributed by atoms with E-state index in [1.807, 2.05) is 50.2 Å². The Labute approximate surface area is 135 Å². The van der Waals surface area contributed by atoms with Gasteiger partial charge in [0.25, 0.3) is 0 Å². The van der Waals surface area contributed by atoms with Crippen LogP contribution in [-0.4, -0.2) is 29.1 Å². The van der Waals surface area contributed by atoms with E-state index in [9.17, 15) is 14.7 Å². The van der Waals surface area contributed by atoms with E-state index in [4.69, 9.17) is 0 Å². The van der Waals surface area contributed by atoms with Gasteiger partial charge in [0.15, 0.2) is 0 Å². The molecule has 5 nitrogen and oxygen atoms in total. The fraction of sp³-hybridized carbons (Fsp3) is 0.333. The molecule has 2 aromatic rings. The van der Waals surface area contributed by atoms with Gasteiger partial charge in [-0.15, -0.1) is 0 Å². The first-order valence-electron chi connectivity index (χ1n) is 7.78. The number of anilines is 1. The zero-order valence-electron chi connectivity index (χ0n) is 13.4. The summed E-state index contributed by atoms with van der Waals surface area (Å²) >= 11 is 0. The molecule has 122 valence electrons. The maximum atomic E-state index is 12.0. The Bertz CT molecular complexity index is 703. The summed E-state index contributed by atoms with van der Waals surface area (Å²) in [6.07, 6.45) is 1.02. The van der Waals surface area contributed by atoms with Crippen LogP contribution in [0.5, 0.6) is 0 Å². The number of benzene rings is 2. The lowest BCUT2D eigenvalue weighted by Gasteiger charge is -2.25. The van der Waals surface area contributed by atoms with Gasteiger partial charge in [-0.1, -0.05) is 50.2 Å². The Morgan fingerprint density at radius 2 is 1.65 bits per heavy atom. The molecule has 3 N–H and O–H groups in total. The minimum atomic E-state index is -0.977. The number of carbonyl (C=O) groups excluding carboxylic acids is 2. The van der Waals surface area contributed by atoms with Gasteiger partial charge in [-0.2, -0.15) is 0 Å². The molecule has 0 atom stereocenters. The SMILES string of the molecule is CCC(O)(CC)CNC(=O)C(=O)Nc1cccc2ccccc12. The van der Waals surface area contributed by atoms with Gasteiger partial charge in [-0.25, -0.2) is 0 Å². The van der Waals surface area contributed by atoms with Crippen LogP contribution >= 0.6 is 0 Å². The maximum absolute atomic E-state index is 12.0. The van der Waals surface area contributed by atoms with Crippen molar-refractivity contribution in [1.82, 2.24) is 5.32 Å². The summed E-state index contributed by atoms with van der Waals surface area (Å²) in [6, 6.07) is 13.1. The van der Waals surface area contributed by atoms with Gasteiger partial charge in [-0.05, 0) is 24.3 Å². The van der Waals surface area contributed by atoms with Crippen LogP contribution < -0.4 is 10.6 Å². The lowest BCUT2D eigenvalue weighted by molar-refractivity contribution is -0.136. The zero-order chi connectivity index (χ0) is 16.9. The van der Waals surface area contributed by atoms with Crippen molar-refractivity contribution >= 4 is 28.3 Å². The van der Waals surface area contributed by atoms with E-state index in [1.54, 1.807) is 6.07 Å². The van der Waals surface area contributed by atoms with Crippen molar-refractivity contribution in [3.8, 4) is 0 Å². The van der Waals surface area contributed by atoms with E-state index >= 15 is 0 Å². The molecule has 2 rings (SSSR count). The van der Waals surface area contributed by atoms with Crippen molar-refractivity contribution in [1.29, 1.82) is 0 Å². The van der Waals surface area contributed by atoms with E-state index in [2.05, 4.69) is 10.6 Å². The first kappa shape index (κ1) is 17.0. The number of hydrogen-bond donors (Lipinski definition) is 3. The van der Waals surface area contributed by atoms with Crippen molar-refractivity contribution in [2.75, 3.05) is 11.9 Å². The first-order valence-corrected chi connectivity index (χ1v) is 7.78.